The maximum atomic E-state index is 12.7. The van der Waals surface area contributed by atoms with E-state index in [9.17, 15) is 4.79 Å². The Hall–Kier alpha value is -3.16. The second kappa shape index (κ2) is 5.69. The molecule has 132 valence electrons. The molecule has 2 unspecified atom stereocenters. The smallest absolute Gasteiger partial charge is 0.322 e. The largest absolute Gasteiger partial charge is 0.351 e. The Morgan fingerprint density at radius 1 is 1.15 bits per heavy atom. The van der Waals surface area contributed by atoms with Crippen LogP contribution in [0, 0.1) is 6.92 Å². The fourth-order valence-electron chi connectivity index (χ4n) is 3.91. The number of para-hydroxylation sites is 1. The number of piperazine rings is 1. The highest BCUT2D eigenvalue weighted by molar-refractivity contribution is 5.91. The Balaban J connectivity index is 1.29. The monoisotopic (exact) mass is 349 g/mol. The van der Waals surface area contributed by atoms with Crippen LogP contribution in [0.5, 0.6) is 0 Å². The average molecular weight is 349 g/mol. The van der Waals surface area contributed by atoms with Crippen LogP contribution in [0.4, 0.5) is 16.3 Å². The quantitative estimate of drug-likeness (QED) is 0.765. The molecule has 2 bridgehead atoms. The molecule has 0 radical (unpaired) electrons. The van der Waals surface area contributed by atoms with Gasteiger partial charge >= 0.3 is 6.03 Å². The normalized spacial score (nSPS) is 21.6. The summed E-state index contributed by atoms with van der Waals surface area (Å²) in [6, 6.07) is 12.2. The molecule has 8 nitrogen and oxygen atoms in total. The first-order valence-corrected chi connectivity index (χ1v) is 8.76. The molecule has 3 aromatic rings. The van der Waals surface area contributed by atoms with Crippen LogP contribution in [-0.4, -0.2) is 55.9 Å². The molecule has 0 aliphatic carbocycles. The topological polar surface area (TPSA) is 78.7 Å². The molecule has 5 heterocycles. The van der Waals surface area contributed by atoms with Gasteiger partial charge in [-0.25, -0.2) is 4.79 Å². The number of hydrogen-bond acceptors (Lipinski definition) is 5. The van der Waals surface area contributed by atoms with Gasteiger partial charge in [0, 0.05) is 18.8 Å². The fourth-order valence-corrected chi connectivity index (χ4v) is 3.91. The zero-order valence-electron chi connectivity index (χ0n) is 14.4. The van der Waals surface area contributed by atoms with E-state index in [1.54, 1.807) is 10.8 Å². The molecule has 0 saturated carbocycles. The molecule has 0 spiro atoms. The number of carbonyl (C=O) groups excluding carboxylic acids is 1. The second-order valence-electron chi connectivity index (χ2n) is 6.93. The van der Waals surface area contributed by atoms with Crippen LogP contribution in [0.3, 0.4) is 0 Å². The van der Waals surface area contributed by atoms with Gasteiger partial charge in [-0.15, -0.1) is 15.3 Å². The number of aromatic nitrogens is 4. The van der Waals surface area contributed by atoms with Crippen LogP contribution in [0.2, 0.25) is 0 Å². The van der Waals surface area contributed by atoms with E-state index >= 15 is 0 Å². The van der Waals surface area contributed by atoms with Crippen molar-refractivity contribution in [3.05, 3.63) is 48.3 Å². The van der Waals surface area contributed by atoms with E-state index in [0.717, 1.165) is 42.2 Å². The summed E-state index contributed by atoms with van der Waals surface area (Å²) in [6.07, 6.45) is 2.65. The summed E-state index contributed by atoms with van der Waals surface area (Å²) in [7, 11) is 0. The van der Waals surface area contributed by atoms with Gasteiger partial charge in [0.2, 0.25) is 0 Å². The minimum atomic E-state index is -0.0116. The molecule has 2 atom stereocenters. The minimum absolute atomic E-state index is 0.0116. The van der Waals surface area contributed by atoms with Crippen molar-refractivity contribution < 1.29 is 4.79 Å². The Morgan fingerprint density at radius 2 is 1.96 bits per heavy atom. The van der Waals surface area contributed by atoms with Crippen LogP contribution in [-0.2, 0) is 0 Å². The highest BCUT2D eigenvalue weighted by atomic mass is 16.2. The van der Waals surface area contributed by atoms with Gasteiger partial charge in [-0.2, -0.15) is 4.52 Å². The van der Waals surface area contributed by atoms with Crippen molar-refractivity contribution in [1.29, 1.82) is 0 Å². The van der Waals surface area contributed by atoms with Crippen molar-refractivity contribution in [1.82, 2.24) is 24.7 Å². The van der Waals surface area contributed by atoms with Crippen LogP contribution >= 0.6 is 0 Å². The van der Waals surface area contributed by atoms with Gasteiger partial charge in [-0.1, -0.05) is 18.2 Å². The first kappa shape index (κ1) is 15.1. The van der Waals surface area contributed by atoms with Crippen molar-refractivity contribution in [2.45, 2.75) is 25.4 Å². The molecule has 1 N–H and O–H groups in total. The van der Waals surface area contributed by atoms with Gasteiger partial charge in [-0.05, 0) is 37.1 Å². The van der Waals surface area contributed by atoms with Crippen molar-refractivity contribution in [3.63, 3.8) is 0 Å². The van der Waals surface area contributed by atoms with Gasteiger partial charge in [0.15, 0.2) is 5.65 Å². The van der Waals surface area contributed by atoms with Gasteiger partial charge in [0.1, 0.15) is 12.1 Å². The molecule has 3 fully saturated rings. The summed E-state index contributed by atoms with van der Waals surface area (Å²) in [5, 5.41) is 15.5. The molecule has 8 heteroatoms. The lowest BCUT2D eigenvalue weighted by molar-refractivity contribution is 0.0436. The highest BCUT2D eigenvalue weighted by Crippen LogP contribution is 2.34. The van der Waals surface area contributed by atoms with Gasteiger partial charge in [0.05, 0.1) is 12.1 Å². The number of anilines is 2. The maximum Gasteiger partial charge on any atom is 0.322 e. The average Bonchev–Trinajstić information content (AvgIpc) is 3.11. The number of benzene rings is 1. The number of hydrogen-bond donors (Lipinski definition) is 1. The van der Waals surface area contributed by atoms with Crippen LogP contribution in [0.15, 0.2) is 42.7 Å². The number of aryl methyl sites for hydroxylation is 1. The standard InChI is InChI=1S/C18H19N7O/c1-12-4-2-3-5-15(12)20-18(26)25-13-8-14(25)10-23(9-13)17-7-6-16-21-19-11-24(16)22-17/h2-7,11,13-14H,8-10H2,1H3,(H,20,26). The Labute approximate surface area is 150 Å². The first-order valence-electron chi connectivity index (χ1n) is 8.76. The van der Waals surface area contributed by atoms with E-state index in [4.69, 9.17) is 0 Å². The summed E-state index contributed by atoms with van der Waals surface area (Å²) in [5.74, 6) is 0.894. The number of fused-ring (bicyclic) bond motifs is 3. The predicted molar refractivity (Wildman–Crippen MR) is 97.2 cm³/mol. The van der Waals surface area contributed by atoms with E-state index in [2.05, 4.69) is 25.5 Å². The molecule has 2 aromatic heterocycles. The summed E-state index contributed by atoms with van der Waals surface area (Å²) < 4.78 is 1.68. The van der Waals surface area contributed by atoms with Crippen LogP contribution < -0.4 is 10.2 Å². The van der Waals surface area contributed by atoms with Gasteiger partial charge < -0.3 is 15.1 Å². The number of urea groups is 1. The highest BCUT2D eigenvalue weighted by Gasteiger charge is 2.47. The third-order valence-corrected chi connectivity index (χ3v) is 5.29. The predicted octanol–water partition coefficient (Wildman–Crippen LogP) is 1.93. The minimum Gasteiger partial charge on any atom is -0.351 e. The molecule has 26 heavy (non-hydrogen) atoms. The number of carbonyl (C=O) groups is 1. The first-order chi connectivity index (χ1) is 12.7. The van der Waals surface area contributed by atoms with E-state index in [0.29, 0.717) is 0 Å². The lowest BCUT2D eigenvalue weighted by Gasteiger charge is -2.56. The Morgan fingerprint density at radius 3 is 2.77 bits per heavy atom. The van der Waals surface area contributed by atoms with Crippen molar-refractivity contribution in [2.24, 2.45) is 0 Å². The van der Waals surface area contributed by atoms with Crippen molar-refractivity contribution in [3.8, 4) is 0 Å². The van der Waals surface area contributed by atoms with Crippen molar-refractivity contribution >= 4 is 23.2 Å². The second-order valence-corrected chi connectivity index (χ2v) is 6.93. The number of piperidine rings is 1. The molecule has 1 aromatic carbocycles. The summed E-state index contributed by atoms with van der Waals surface area (Å²) in [6.45, 7) is 3.58. The fraction of sp³-hybridized carbons (Fsp3) is 0.333. The number of nitrogens with zero attached hydrogens (tertiary/aromatic N) is 6. The van der Waals surface area contributed by atoms with Gasteiger partial charge in [-0.3, -0.25) is 0 Å². The maximum absolute atomic E-state index is 12.7. The SMILES string of the molecule is Cc1ccccc1NC(=O)N1C2CC1CN(c1ccc3nncn3n1)C2. The zero-order chi connectivity index (χ0) is 17.7. The zero-order valence-corrected chi connectivity index (χ0v) is 14.4. The van der Waals surface area contributed by atoms with Gasteiger partial charge in [0.25, 0.3) is 0 Å². The lowest BCUT2D eigenvalue weighted by Crippen LogP contribution is -2.71. The molecule has 3 aliphatic heterocycles. The lowest BCUT2D eigenvalue weighted by atomic mass is 9.88. The third kappa shape index (κ3) is 2.37. The Bertz CT molecular complexity index is 972. The van der Waals surface area contributed by atoms with E-state index < -0.39 is 0 Å². The number of nitrogens with one attached hydrogen (secondary N) is 1. The van der Waals surface area contributed by atoms with E-state index in [1.807, 2.05) is 48.2 Å². The molecule has 3 aliphatic rings. The van der Waals surface area contributed by atoms with Crippen LogP contribution in [0.1, 0.15) is 12.0 Å². The van der Waals surface area contributed by atoms with E-state index in [-0.39, 0.29) is 18.1 Å². The van der Waals surface area contributed by atoms with E-state index in [1.165, 1.54) is 0 Å². The summed E-state index contributed by atoms with van der Waals surface area (Å²) >= 11 is 0. The number of amides is 2. The molecular weight excluding hydrogens is 330 g/mol. The number of rotatable bonds is 2. The summed E-state index contributed by atoms with van der Waals surface area (Å²) in [4.78, 5) is 16.9. The molecular formula is C18H19N7O. The molecule has 6 rings (SSSR count). The van der Waals surface area contributed by atoms with Crippen LogP contribution in [0.25, 0.3) is 5.65 Å². The molecule has 3 saturated heterocycles. The summed E-state index contributed by atoms with van der Waals surface area (Å²) in [5.41, 5.74) is 2.67. The molecule has 2 amide bonds. The van der Waals surface area contributed by atoms with Crippen molar-refractivity contribution in [2.75, 3.05) is 23.3 Å². The third-order valence-electron chi connectivity index (χ3n) is 5.29. The Kier molecular flexibility index (Phi) is 3.31.